The molecule has 4 rings (SSSR count). The fourth-order valence-electron chi connectivity index (χ4n) is 3.94. The first-order valence-electron chi connectivity index (χ1n) is 10.8. The first-order chi connectivity index (χ1) is 15.2. The van der Waals surface area contributed by atoms with E-state index in [1.54, 1.807) is 24.3 Å². The molecule has 4 nitrogen and oxygen atoms in total. The monoisotopic (exact) mass is 433 g/mol. The molecule has 1 aliphatic rings. The second-order valence-corrected chi connectivity index (χ2v) is 8.49. The van der Waals surface area contributed by atoms with Gasteiger partial charge in [-0.3, -0.25) is 14.6 Å². The standard InChI is InChI=1S/C26H28ClN3O/c27-24-11-13-25(14-12-24)28-26(31)23-9-7-22(8-10-23)20-30-16-4-15-29(17-18-30)19-21-5-2-1-3-6-21/h1-3,5-14H,4,15-20H2,(H,28,31). The summed E-state index contributed by atoms with van der Waals surface area (Å²) in [7, 11) is 0. The van der Waals surface area contributed by atoms with Crippen molar-refractivity contribution in [3.63, 3.8) is 0 Å². The number of hydrogen-bond donors (Lipinski definition) is 1. The first-order valence-corrected chi connectivity index (χ1v) is 11.2. The van der Waals surface area contributed by atoms with Crippen LogP contribution in [0.2, 0.25) is 5.02 Å². The Morgan fingerprint density at radius 1 is 0.742 bits per heavy atom. The van der Waals surface area contributed by atoms with E-state index in [1.807, 2.05) is 12.1 Å². The van der Waals surface area contributed by atoms with Gasteiger partial charge in [0.1, 0.15) is 0 Å². The van der Waals surface area contributed by atoms with Crippen molar-refractivity contribution in [2.45, 2.75) is 19.5 Å². The quantitative estimate of drug-likeness (QED) is 0.573. The van der Waals surface area contributed by atoms with E-state index in [0.29, 0.717) is 10.6 Å². The molecule has 0 aliphatic carbocycles. The number of carbonyl (C=O) groups is 1. The fourth-order valence-corrected chi connectivity index (χ4v) is 4.06. The molecule has 0 saturated carbocycles. The molecule has 1 amide bonds. The molecule has 160 valence electrons. The van der Waals surface area contributed by atoms with Crippen LogP contribution in [0.15, 0.2) is 78.9 Å². The van der Waals surface area contributed by atoms with Gasteiger partial charge in [0.05, 0.1) is 0 Å². The number of anilines is 1. The van der Waals surface area contributed by atoms with Crippen molar-refractivity contribution >= 4 is 23.2 Å². The molecule has 0 radical (unpaired) electrons. The molecule has 0 aromatic heterocycles. The van der Waals surface area contributed by atoms with Crippen molar-refractivity contribution in [3.8, 4) is 0 Å². The Kier molecular flexibility index (Phi) is 7.36. The van der Waals surface area contributed by atoms with Crippen LogP contribution in [0.4, 0.5) is 5.69 Å². The average molecular weight is 434 g/mol. The highest BCUT2D eigenvalue weighted by Gasteiger charge is 2.15. The van der Waals surface area contributed by atoms with Crippen LogP contribution in [0.25, 0.3) is 0 Å². The molecule has 1 aliphatic heterocycles. The highest BCUT2D eigenvalue weighted by molar-refractivity contribution is 6.30. The third-order valence-electron chi connectivity index (χ3n) is 5.65. The maximum absolute atomic E-state index is 12.5. The van der Waals surface area contributed by atoms with Crippen LogP contribution in [0.5, 0.6) is 0 Å². The van der Waals surface area contributed by atoms with Crippen LogP contribution in [0, 0.1) is 0 Å². The van der Waals surface area contributed by atoms with E-state index in [9.17, 15) is 4.79 Å². The number of carbonyl (C=O) groups excluding carboxylic acids is 1. The molecule has 0 bridgehead atoms. The summed E-state index contributed by atoms with van der Waals surface area (Å²) >= 11 is 5.90. The topological polar surface area (TPSA) is 35.6 Å². The van der Waals surface area contributed by atoms with Gasteiger partial charge in [-0.2, -0.15) is 0 Å². The zero-order valence-corrected chi connectivity index (χ0v) is 18.4. The van der Waals surface area contributed by atoms with Crippen LogP contribution in [-0.4, -0.2) is 41.9 Å². The predicted molar refractivity (Wildman–Crippen MR) is 127 cm³/mol. The fraction of sp³-hybridized carbons (Fsp3) is 0.269. The molecule has 0 atom stereocenters. The molecule has 5 heteroatoms. The minimum atomic E-state index is -0.111. The van der Waals surface area contributed by atoms with E-state index in [4.69, 9.17) is 11.6 Å². The van der Waals surface area contributed by atoms with Crippen molar-refractivity contribution in [3.05, 3.63) is 101 Å². The average Bonchev–Trinajstić information content (AvgIpc) is 3.01. The zero-order chi connectivity index (χ0) is 21.5. The number of nitrogens with one attached hydrogen (secondary N) is 1. The molecule has 0 spiro atoms. The number of halogens is 1. The Bertz CT molecular complexity index is 974. The molecular formula is C26H28ClN3O. The van der Waals surface area contributed by atoms with Gasteiger partial charge in [0.25, 0.3) is 5.91 Å². The summed E-state index contributed by atoms with van der Waals surface area (Å²) in [6, 6.07) is 25.8. The van der Waals surface area contributed by atoms with E-state index in [-0.39, 0.29) is 5.91 Å². The number of nitrogens with zero attached hydrogens (tertiary/aromatic N) is 2. The Morgan fingerprint density at radius 2 is 1.32 bits per heavy atom. The molecule has 0 unspecified atom stereocenters. The second-order valence-electron chi connectivity index (χ2n) is 8.05. The Labute approximate surface area is 189 Å². The van der Waals surface area contributed by atoms with E-state index in [2.05, 4.69) is 57.6 Å². The summed E-state index contributed by atoms with van der Waals surface area (Å²) < 4.78 is 0. The maximum atomic E-state index is 12.5. The largest absolute Gasteiger partial charge is 0.322 e. The highest BCUT2D eigenvalue weighted by Crippen LogP contribution is 2.16. The van der Waals surface area contributed by atoms with E-state index in [1.165, 1.54) is 17.5 Å². The number of hydrogen-bond acceptors (Lipinski definition) is 3. The van der Waals surface area contributed by atoms with Gasteiger partial charge in [-0.1, -0.05) is 54.1 Å². The van der Waals surface area contributed by atoms with Gasteiger partial charge >= 0.3 is 0 Å². The van der Waals surface area contributed by atoms with Crippen LogP contribution in [-0.2, 0) is 13.1 Å². The minimum absolute atomic E-state index is 0.111. The number of amides is 1. The van der Waals surface area contributed by atoms with Gasteiger partial charge < -0.3 is 5.32 Å². The van der Waals surface area contributed by atoms with Crippen molar-refractivity contribution in [1.82, 2.24) is 9.80 Å². The van der Waals surface area contributed by atoms with Gasteiger partial charge in [0, 0.05) is 42.5 Å². The summed E-state index contributed by atoms with van der Waals surface area (Å²) in [5.41, 5.74) is 4.01. The van der Waals surface area contributed by atoms with Crippen molar-refractivity contribution in [1.29, 1.82) is 0 Å². The molecule has 1 N–H and O–H groups in total. The van der Waals surface area contributed by atoms with Crippen LogP contribution >= 0.6 is 11.6 Å². The summed E-state index contributed by atoms with van der Waals surface area (Å²) in [6.07, 6.45) is 1.18. The second kappa shape index (κ2) is 10.6. The molecule has 1 fully saturated rings. The van der Waals surface area contributed by atoms with Gasteiger partial charge in [-0.25, -0.2) is 0 Å². The lowest BCUT2D eigenvalue weighted by Gasteiger charge is -2.22. The molecule has 31 heavy (non-hydrogen) atoms. The lowest BCUT2D eigenvalue weighted by atomic mass is 10.1. The van der Waals surface area contributed by atoms with Gasteiger partial charge in [-0.05, 0) is 67.0 Å². The highest BCUT2D eigenvalue weighted by atomic mass is 35.5. The first kappa shape index (κ1) is 21.6. The SMILES string of the molecule is O=C(Nc1ccc(Cl)cc1)c1ccc(CN2CCCN(Cc3ccccc3)CC2)cc1. The Morgan fingerprint density at radius 3 is 1.94 bits per heavy atom. The molecule has 1 heterocycles. The van der Waals surface area contributed by atoms with Crippen molar-refractivity contribution in [2.24, 2.45) is 0 Å². The molecule has 3 aromatic rings. The molecule has 1 saturated heterocycles. The van der Waals surface area contributed by atoms with Gasteiger partial charge in [0.15, 0.2) is 0 Å². The lowest BCUT2D eigenvalue weighted by Crippen LogP contribution is -2.30. The van der Waals surface area contributed by atoms with Gasteiger partial charge in [0.2, 0.25) is 0 Å². The maximum Gasteiger partial charge on any atom is 0.255 e. The van der Waals surface area contributed by atoms with E-state index < -0.39 is 0 Å². The molecular weight excluding hydrogens is 406 g/mol. The minimum Gasteiger partial charge on any atom is -0.322 e. The van der Waals surface area contributed by atoms with Crippen molar-refractivity contribution < 1.29 is 4.79 Å². The summed E-state index contributed by atoms with van der Waals surface area (Å²) in [4.78, 5) is 17.5. The van der Waals surface area contributed by atoms with Crippen molar-refractivity contribution in [2.75, 3.05) is 31.5 Å². The van der Waals surface area contributed by atoms with E-state index in [0.717, 1.165) is 45.0 Å². The van der Waals surface area contributed by atoms with E-state index >= 15 is 0 Å². The number of benzene rings is 3. The van der Waals surface area contributed by atoms with Crippen LogP contribution in [0.3, 0.4) is 0 Å². The van der Waals surface area contributed by atoms with Crippen LogP contribution in [0.1, 0.15) is 27.9 Å². The van der Waals surface area contributed by atoms with Crippen LogP contribution < -0.4 is 5.32 Å². The van der Waals surface area contributed by atoms with Gasteiger partial charge in [-0.15, -0.1) is 0 Å². The molecule has 3 aromatic carbocycles. The third kappa shape index (κ3) is 6.41. The summed E-state index contributed by atoms with van der Waals surface area (Å²) in [6.45, 7) is 6.31. The Hall–Kier alpha value is -2.66. The Balaban J connectivity index is 1.28. The normalized spacial score (nSPS) is 15.4. The third-order valence-corrected chi connectivity index (χ3v) is 5.91. The number of rotatable bonds is 6. The zero-order valence-electron chi connectivity index (χ0n) is 17.6. The summed E-state index contributed by atoms with van der Waals surface area (Å²) in [5.74, 6) is -0.111. The smallest absolute Gasteiger partial charge is 0.255 e. The lowest BCUT2D eigenvalue weighted by molar-refractivity contribution is 0.102. The summed E-state index contributed by atoms with van der Waals surface area (Å²) in [5, 5.41) is 3.56. The predicted octanol–water partition coefficient (Wildman–Crippen LogP) is 5.30.